The summed E-state index contributed by atoms with van der Waals surface area (Å²) in [6.45, 7) is 2.07. The summed E-state index contributed by atoms with van der Waals surface area (Å²) in [7, 11) is 1.52. The third-order valence-corrected chi connectivity index (χ3v) is 9.15. The summed E-state index contributed by atoms with van der Waals surface area (Å²) in [4.78, 5) is 45.0. The van der Waals surface area contributed by atoms with Gasteiger partial charge >= 0.3 is 11.9 Å². The van der Waals surface area contributed by atoms with Crippen molar-refractivity contribution in [2.24, 2.45) is 4.99 Å². The van der Waals surface area contributed by atoms with Gasteiger partial charge in [-0.25, -0.2) is 14.6 Å². The summed E-state index contributed by atoms with van der Waals surface area (Å²) in [5.74, 6) is -0.619. The van der Waals surface area contributed by atoms with Crippen molar-refractivity contribution < 1.29 is 28.9 Å². The number of carboxylic acids is 1. The van der Waals surface area contributed by atoms with E-state index in [-0.39, 0.29) is 24.3 Å². The van der Waals surface area contributed by atoms with Crippen LogP contribution in [0.2, 0.25) is 0 Å². The summed E-state index contributed by atoms with van der Waals surface area (Å²) in [6, 6.07) is 24.3. The first-order chi connectivity index (χ1) is 22.4. The number of rotatable bonds is 10. The summed E-state index contributed by atoms with van der Waals surface area (Å²) in [5, 5.41) is 11.2. The minimum Gasteiger partial charge on any atom is -0.493 e. The fourth-order valence-electron chi connectivity index (χ4n) is 5.16. The summed E-state index contributed by atoms with van der Waals surface area (Å²) in [6.07, 6.45) is 1.76. The molecular formula is C35H28N2O7S2. The Morgan fingerprint density at radius 2 is 1.83 bits per heavy atom. The van der Waals surface area contributed by atoms with Gasteiger partial charge in [0.2, 0.25) is 0 Å². The molecule has 1 aliphatic rings. The Hall–Kier alpha value is -5.26. The molecule has 46 heavy (non-hydrogen) atoms. The molecular weight excluding hydrogens is 625 g/mol. The summed E-state index contributed by atoms with van der Waals surface area (Å²) in [5.41, 5.74) is 2.83. The van der Waals surface area contributed by atoms with Gasteiger partial charge in [0, 0.05) is 10.4 Å². The van der Waals surface area contributed by atoms with Crippen LogP contribution in [0.4, 0.5) is 0 Å². The van der Waals surface area contributed by atoms with Gasteiger partial charge in [0.25, 0.3) is 5.56 Å². The fraction of sp³-hybridized carbons (Fsp3) is 0.143. The number of aromatic carboxylic acids is 1. The quantitative estimate of drug-likeness (QED) is 0.204. The molecule has 1 N–H and O–H groups in total. The average Bonchev–Trinajstić information content (AvgIpc) is 3.72. The molecule has 11 heteroatoms. The molecule has 0 aliphatic carbocycles. The van der Waals surface area contributed by atoms with E-state index in [1.165, 1.54) is 35.8 Å². The Bertz CT molecular complexity index is 2130. The summed E-state index contributed by atoms with van der Waals surface area (Å²) < 4.78 is 19.0. The van der Waals surface area contributed by atoms with Gasteiger partial charge in [0.15, 0.2) is 16.3 Å². The topological polar surface area (TPSA) is 116 Å². The van der Waals surface area contributed by atoms with Crippen LogP contribution < -0.4 is 24.4 Å². The van der Waals surface area contributed by atoms with Crippen molar-refractivity contribution in [1.29, 1.82) is 0 Å². The van der Waals surface area contributed by atoms with E-state index in [9.17, 15) is 19.5 Å². The number of hydrogen-bond acceptors (Lipinski definition) is 9. The minimum atomic E-state index is -1.01. The molecule has 3 heterocycles. The van der Waals surface area contributed by atoms with Crippen molar-refractivity contribution in [2.45, 2.75) is 19.6 Å². The molecule has 0 radical (unpaired) electrons. The van der Waals surface area contributed by atoms with E-state index in [2.05, 4.69) is 0 Å². The number of fused-ring (bicyclic) bond motifs is 1. The third-order valence-electron chi connectivity index (χ3n) is 7.24. The summed E-state index contributed by atoms with van der Waals surface area (Å²) >= 11 is 2.69. The highest BCUT2D eigenvalue weighted by molar-refractivity contribution is 7.10. The molecule has 0 fully saturated rings. The number of ether oxygens (including phenoxy) is 3. The molecule has 232 valence electrons. The van der Waals surface area contributed by atoms with Crippen molar-refractivity contribution >= 4 is 46.4 Å². The number of thiophene rings is 1. The van der Waals surface area contributed by atoms with Gasteiger partial charge in [0.1, 0.15) is 12.6 Å². The van der Waals surface area contributed by atoms with Crippen molar-refractivity contribution in [1.82, 2.24) is 4.57 Å². The van der Waals surface area contributed by atoms with Crippen molar-refractivity contribution in [3.05, 3.63) is 143 Å². The number of aromatic nitrogens is 1. The molecule has 0 unspecified atom stereocenters. The number of carbonyl (C=O) groups excluding carboxylic acids is 1. The van der Waals surface area contributed by atoms with Gasteiger partial charge in [0.05, 0.1) is 35.1 Å². The number of esters is 1. The Labute approximate surface area is 271 Å². The van der Waals surface area contributed by atoms with Crippen LogP contribution in [0.15, 0.2) is 106 Å². The molecule has 6 rings (SSSR count). The highest BCUT2D eigenvalue weighted by Gasteiger charge is 2.35. The first kappa shape index (κ1) is 30.8. The number of thiazole rings is 1. The SMILES string of the molecule is CCOC(=O)C1=C(c2ccccc2)N=c2s/c(=C\c3ccc(OCc4cccc(C(=O)O)c4)c(OC)c3)c(=O)n2[C@H]1c1cccs1. The van der Waals surface area contributed by atoms with E-state index in [4.69, 9.17) is 19.2 Å². The number of methoxy groups -OCH3 is 1. The molecule has 2 aromatic heterocycles. The maximum atomic E-state index is 14.1. The fourth-order valence-corrected chi connectivity index (χ4v) is 6.98. The minimum absolute atomic E-state index is 0.144. The van der Waals surface area contributed by atoms with E-state index < -0.39 is 18.0 Å². The second-order valence-corrected chi connectivity index (χ2v) is 12.1. The van der Waals surface area contributed by atoms with Crippen LogP contribution in [0.3, 0.4) is 0 Å². The molecule has 0 amide bonds. The highest BCUT2D eigenvalue weighted by atomic mass is 32.1. The van der Waals surface area contributed by atoms with Gasteiger partial charge < -0.3 is 19.3 Å². The number of carbonyl (C=O) groups is 2. The lowest BCUT2D eigenvalue weighted by atomic mass is 9.97. The van der Waals surface area contributed by atoms with Crippen molar-refractivity contribution in [3.63, 3.8) is 0 Å². The monoisotopic (exact) mass is 652 g/mol. The van der Waals surface area contributed by atoms with Crippen LogP contribution in [0, 0.1) is 0 Å². The Morgan fingerprint density at radius 3 is 2.54 bits per heavy atom. The number of benzene rings is 3. The third kappa shape index (κ3) is 6.15. The zero-order valence-electron chi connectivity index (χ0n) is 24.8. The van der Waals surface area contributed by atoms with Crippen molar-refractivity contribution in [2.75, 3.05) is 13.7 Å². The van der Waals surface area contributed by atoms with Crippen LogP contribution in [0.25, 0.3) is 11.8 Å². The predicted molar refractivity (Wildman–Crippen MR) is 176 cm³/mol. The van der Waals surface area contributed by atoms with Gasteiger partial charge in [-0.15, -0.1) is 11.3 Å². The zero-order chi connectivity index (χ0) is 32.2. The van der Waals surface area contributed by atoms with Crippen molar-refractivity contribution in [3.8, 4) is 11.5 Å². The average molecular weight is 653 g/mol. The standard InChI is InChI=1S/C35H28N2O7S2/c1-3-43-34(41)29-30(23-10-5-4-6-11-23)36-35-37(31(29)27-13-8-16-45-27)32(38)28(46-35)19-21-14-15-25(26(18-21)42-2)44-20-22-9-7-12-24(17-22)33(39)40/h4-19,31H,3,20H2,1-2H3,(H,39,40)/b28-19-/t31-/m0/s1. The second-order valence-electron chi connectivity index (χ2n) is 10.2. The Morgan fingerprint density at radius 1 is 1.00 bits per heavy atom. The maximum Gasteiger partial charge on any atom is 0.338 e. The first-order valence-corrected chi connectivity index (χ1v) is 16.0. The first-order valence-electron chi connectivity index (χ1n) is 14.3. The largest absolute Gasteiger partial charge is 0.493 e. The molecule has 0 spiro atoms. The van der Waals surface area contributed by atoms with Crippen LogP contribution in [-0.2, 0) is 16.1 Å². The lowest BCUT2D eigenvalue weighted by Crippen LogP contribution is -2.39. The second kappa shape index (κ2) is 13.4. The van der Waals surface area contributed by atoms with E-state index in [0.717, 1.165) is 10.4 Å². The van der Waals surface area contributed by atoms with E-state index in [1.807, 2.05) is 47.8 Å². The molecule has 9 nitrogen and oxygen atoms in total. The number of hydrogen-bond donors (Lipinski definition) is 1. The molecule has 5 aromatic rings. The molecule has 0 saturated heterocycles. The molecule has 1 aliphatic heterocycles. The molecule has 3 aromatic carbocycles. The normalized spacial score (nSPS) is 14.4. The Balaban J connectivity index is 1.41. The smallest absolute Gasteiger partial charge is 0.338 e. The molecule has 1 atom stereocenters. The highest BCUT2D eigenvalue weighted by Crippen LogP contribution is 2.37. The van der Waals surface area contributed by atoms with Gasteiger partial charge in [-0.1, -0.05) is 65.9 Å². The van der Waals surface area contributed by atoms with E-state index >= 15 is 0 Å². The lowest BCUT2D eigenvalue weighted by molar-refractivity contribution is -0.138. The number of carboxylic acid groups (broad SMARTS) is 1. The van der Waals surface area contributed by atoms with Crippen LogP contribution in [0.5, 0.6) is 11.5 Å². The van der Waals surface area contributed by atoms with Crippen LogP contribution in [0.1, 0.15) is 44.9 Å². The van der Waals surface area contributed by atoms with Gasteiger partial charge in [-0.3, -0.25) is 9.36 Å². The molecule has 0 bridgehead atoms. The van der Waals surface area contributed by atoms with E-state index in [1.54, 1.807) is 54.0 Å². The van der Waals surface area contributed by atoms with Crippen LogP contribution >= 0.6 is 22.7 Å². The van der Waals surface area contributed by atoms with Gasteiger partial charge in [-0.05, 0) is 59.8 Å². The number of nitrogens with zero attached hydrogens (tertiary/aromatic N) is 2. The zero-order valence-corrected chi connectivity index (χ0v) is 26.5. The lowest BCUT2D eigenvalue weighted by Gasteiger charge is -2.24. The maximum absolute atomic E-state index is 14.1. The van der Waals surface area contributed by atoms with Gasteiger partial charge in [-0.2, -0.15) is 0 Å². The predicted octanol–water partition coefficient (Wildman–Crippen LogP) is 5.28. The van der Waals surface area contributed by atoms with Crippen LogP contribution in [-0.4, -0.2) is 35.3 Å². The molecule has 0 saturated carbocycles. The Kier molecular flexibility index (Phi) is 8.95. The van der Waals surface area contributed by atoms with E-state index in [0.29, 0.717) is 43.2 Å².